The van der Waals surface area contributed by atoms with Crippen LogP contribution in [-0.4, -0.2) is 18.1 Å². The molecular formula is C27H45NO3. The van der Waals surface area contributed by atoms with E-state index in [-0.39, 0.29) is 18.1 Å². The lowest BCUT2D eigenvalue weighted by molar-refractivity contribution is -0.119. The number of carbonyl (C=O) groups excluding carboxylic acids is 1. The molecule has 0 fully saturated rings. The molecule has 0 heterocycles. The number of phenolic OH excluding ortho intramolecular Hbond substituents is 1. The lowest BCUT2D eigenvalue weighted by Gasteiger charge is -2.06. The molecule has 1 rings (SSSR count). The Morgan fingerprint density at radius 3 is 2.00 bits per heavy atom. The van der Waals surface area contributed by atoms with Gasteiger partial charge in [-0.25, -0.2) is 0 Å². The van der Waals surface area contributed by atoms with E-state index >= 15 is 0 Å². The van der Waals surface area contributed by atoms with Crippen molar-refractivity contribution in [2.24, 2.45) is 0 Å². The highest BCUT2D eigenvalue weighted by molar-refractivity contribution is 5.79. The highest BCUT2D eigenvalue weighted by Crippen LogP contribution is 2.26. The molecule has 0 aliphatic carbocycles. The van der Waals surface area contributed by atoms with Gasteiger partial charge in [0, 0.05) is 0 Å². The highest BCUT2D eigenvalue weighted by Gasteiger charge is 2.06. The van der Waals surface area contributed by atoms with Crippen molar-refractivity contribution >= 4 is 5.91 Å². The predicted octanol–water partition coefficient (Wildman–Crippen LogP) is 7.44. The fourth-order valence-corrected chi connectivity index (χ4v) is 3.76. The van der Waals surface area contributed by atoms with Gasteiger partial charge < -0.3 is 15.2 Å². The number of methoxy groups -OCH3 is 1. The average molecular weight is 432 g/mol. The number of hydrogen-bond acceptors (Lipinski definition) is 3. The minimum absolute atomic E-state index is 0.0649. The Kier molecular flexibility index (Phi) is 16.4. The number of allylic oxidation sites excluding steroid dienone is 1. The van der Waals surface area contributed by atoms with Crippen LogP contribution in [0.4, 0.5) is 0 Å². The number of carbonyl (C=O) groups is 1. The van der Waals surface area contributed by atoms with E-state index in [4.69, 9.17) is 4.74 Å². The molecule has 2 N–H and O–H groups in total. The van der Waals surface area contributed by atoms with Crippen LogP contribution >= 0.6 is 0 Å². The summed E-state index contributed by atoms with van der Waals surface area (Å²) in [5, 5.41) is 12.4. The molecule has 31 heavy (non-hydrogen) atoms. The third-order valence-electron chi connectivity index (χ3n) is 5.70. The van der Waals surface area contributed by atoms with Crippen molar-refractivity contribution < 1.29 is 14.6 Å². The second-order valence-electron chi connectivity index (χ2n) is 8.54. The summed E-state index contributed by atoms with van der Waals surface area (Å²) < 4.78 is 5.07. The van der Waals surface area contributed by atoms with Crippen molar-refractivity contribution in [3.63, 3.8) is 0 Å². The SMILES string of the molecule is CCCCCCCCCCCCCCCC/C=C/NC(=O)Cc1ccc(O)c(OC)c1. The fraction of sp³-hybridized carbons (Fsp3) is 0.667. The van der Waals surface area contributed by atoms with Crippen molar-refractivity contribution in [3.8, 4) is 11.5 Å². The second kappa shape index (κ2) is 18.8. The molecule has 0 bridgehead atoms. The van der Waals surface area contributed by atoms with Crippen LogP contribution in [0.5, 0.6) is 11.5 Å². The molecule has 176 valence electrons. The van der Waals surface area contributed by atoms with Crippen molar-refractivity contribution in [1.82, 2.24) is 5.32 Å². The largest absolute Gasteiger partial charge is 0.504 e. The van der Waals surface area contributed by atoms with E-state index in [2.05, 4.69) is 12.2 Å². The molecule has 1 aromatic rings. The van der Waals surface area contributed by atoms with E-state index in [1.165, 1.54) is 97.0 Å². The van der Waals surface area contributed by atoms with Crippen LogP contribution in [-0.2, 0) is 11.2 Å². The maximum Gasteiger partial charge on any atom is 0.228 e. The minimum Gasteiger partial charge on any atom is -0.504 e. The van der Waals surface area contributed by atoms with Crippen LogP contribution < -0.4 is 10.1 Å². The van der Waals surface area contributed by atoms with E-state index in [1.54, 1.807) is 24.4 Å². The van der Waals surface area contributed by atoms with E-state index in [0.29, 0.717) is 5.75 Å². The van der Waals surface area contributed by atoms with Gasteiger partial charge in [-0.1, -0.05) is 103 Å². The predicted molar refractivity (Wildman–Crippen MR) is 131 cm³/mol. The molecule has 0 saturated carbocycles. The van der Waals surface area contributed by atoms with Gasteiger partial charge in [-0.2, -0.15) is 0 Å². The zero-order valence-corrected chi connectivity index (χ0v) is 20.0. The molecule has 0 aliphatic heterocycles. The Bertz CT molecular complexity index is 612. The Morgan fingerprint density at radius 1 is 0.903 bits per heavy atom. The zero-order chi connectivity index (χ0) is 22.6. The topological polar surface area (TPSA) is 58.6 Å². The number of ether oxygens (including phenoxy) is 1. The summed E-state index contributed by atoms with van der Waals surface area (Å²) in [7, 11) is 1.50. The maximum atomic E-state index is 12.0. The van der Waals surface area contributed by atoms with Crippen molar-refractivity contribution in [1.29, 1.82) is 0 Å². The fourth-order valence-electron chi connectivity index (χ4n) is 3.76. The molecule has 0 atom stereocenters. The van der Waals surface area contributed by atoms with Gasteiger partial charge in [0.2, 0.25) is 5.91 Å². The number of benzene rings is 1. The van der Waals surface area contributed by atoms with Gasteiger partial charge in [0.1, 0.15) is 0 Å². The smallest absolute Gasteiger partial charge is 0.228 e. The normalized spacial score (nSPS) is 11.2. The third-order valence-corrected chi connectivity index (χ3v) is 5.70. The summed E-state index contributed by atoms with van der Waals surface area (Å²) in [5.74, 6) is 0.406. The van der Waals surface area contributed by atoms with Gasteiger partial charge >= 0.3 is 0 Å². The minimum atomic E-state index is -0.0649. The molecular weight excluding hydrogens is 386 g/mol. The number of aromatic hydroxyl groups is 1. The van der Waals surface area contributed by atoms with Gasteiger partial charge in [0.05, 0.1) is 13.5 Å². The summed E-state index contributed by atoms with van der Waals surface area (Å²) in [5.41, 5.74) is 0.813. The van der Waals surface area contributed by atoms with Crippen LogP contribution in [0.1, 0.15) is 109 Å². The summed E-state index contributed by atoms with van der Waals surface area (Å²) >= 11 is 0. The van der Waals surface area contributed by atoms with Gasteiger partial charge in [0.25, 0.3) is 0 Å². The quantitative estimate of drug-likeness (QED) is 0.224. The number of hydrogen-bond donors (Lipinski definition) is 2. The van der Waals surface area contributed by atoms with Crippen LogP contribution in [0.3, 0.4) is 0 Å². The number of unbranched alkanes of at least 4 members (excludes halogenated alkanes) is 14. The summed E-state index contributed by atoms with van der Waals surface area (Å²) in [4.78, 5) is 12.0. The highest BCUT2D eigenvalue weighted by atomic mass is 16.5. The number of rotatable bonds is 19. The van der Waals surface area contributed by atoms with Crippen molar-refractivity contribution in [2.45, 2.75) is 110 Å². The van der Waals surface area contributed by atoms with Crippen LogP contribution in [0, 0.1) is 0 Å². The Morgan fingerprint density at radius 2 is 1.45 bits per heavy atom. The summed E-state index contributed by atoms with van der Waals surface area (Å²) in [6.45, 7) is 2.27. The average Bonchev–Trinajstić information content (AvgIpc) is 2.77. The molecule has 0 unspecified atom stereocenters. The molecule has 1 amide bonds. The Labute approximate surface area is 190 Å². The lowest BCUT2D eigenvalue weighted by atomic mass is 10.0. The zero-order valence-electron chi connectivity index (χ0n) is 20.0. The molecule has 0 aromatic heterocycles. The first-order chi connectivity index (χ1) is 15.2. The van der Waals surface area contributed by atoms with Crippen molar-refractivity contribution in [3.05, 3.63) is 36.0 Å². The lowest BCUT2D eigenvalue weighted by Crippen LogP contribution is -2.19. The second-order valence-corrected chi connectivity index (χ2v) is 8.54. The van der Waals surface area contributed by atoms with E-state index < -0.39 is 0 Å². The van der Waals surface area contributed by atoms with Crippen LogP contribution in [0.25, 0.3) is 0 Å². The maximum absolute atomic E-state index is 12.0. The first kappa shape index (κ1) is 27.1. The number of phenols is 1. The summed E-state index contributed by atoms with van der Waals surface area (Å²) in [6, 6.07) is 4.97. The third kappa shape index (κ3) is 14.6. The Balaban J connectivity index is 1.91. The van der Waals surface area contributed by atoms with E-state index in [0.717, 1.165) is 12.0 Å². The van der Waals surface area contributed by atoms with Gasteiger partial charge in [-0.05, 0) is 36.7 Å². The van der Waals surface area contributed by atoms with Gasteiger partial charge in [-0.3, -0.25) is 4.79 Å². The first-order valence-electron chi connectivity index (χ1n) is 12.5. The van der Waals surface area contributed by atoms with Gasteiger partial charge in [0.15, 0.2) is 11.5 Å². The number of amides is 1. The molecule has 0 spiro atoms. The standard InChI is InChI=1S/C27H45NO3/c1-3-4-5-6-7-8-9-10-11-12-13-14-15-16-17-18-21-28-27(30)23-24-19-20-25(29)26(22-24)31-2/h18-22,29H,3-17,23H2,1-2H3,(H,28,30)/b21-18+. The molecule has 4 nitrogen and oxygen atoms in total. The molecule has 0 radical (unpaired) electrons. The monoisotopic (exact) mass is 431 g/mol. The molecule has 1 aromatic carbocycles. The first-order valence-corrected chi connectivity index (χ1v) is 12.5. The van der Waals surface area contributed by atoms with Crippen LogP contribution in [0.2, 0.25) is 0 Å². The van der Waals surface area contributed by atoms with Crippen molar-refractivity contribution in [2.75, 3.05) is 7.11 Å². The van der Waals surface area contributed by atoms with E-state index in [9.17, 15) is 9.90 Å². The molecule has 0 saturated heterocycles. The van der Waals surface area contributed by atoms with Crippen LogP contribution in [0.15, 0.2) is 30.5 Å². The Hall–Kier alpha value is -1.97. The molecule has 4 heteroatoms. The van der Waals surface area contributed by atoms with E-state index in [1.807, 2.05) is 6.08 Å². The molecule has 0 aliphatic rings. The summed E-state index contributed by atoms with van der Waals surface area (Å²) in [6.07, 6.45) is 24.2. The number of nitrogens with one attached hydrogen (secondary N) is 1. The van der Waals surface area contributed by atoms with Gasteiger partial charge in [-0.15, -0.1) is 0 Å².